The zero-order valence-corrected chi connectivity index (χ0v) is 22.7. The molecule has 0 aliphatic carbocycles. The number of hydrogen-bond donors (Lipinski definition) is 4. The number of benzene rings is 2. The zero-order valence-electron chi connectivity index (χ0n) is 21.9. The highest BCUT2D eigenvalue weighted by molar-refractivity contribution is 6.34. The van der Waals surface area contributed by atoms with Gasteiger partial charge in [-0.2, -0.15) is 13.2 Å². The molecule has 2 aromatic rings. The number of nitrogens with zero attached hydrogens (tertiary/aromatic N) is 2. The number of aliphatic carboxylic acids is 1. The highest BCUT2D eigenvalue weighted by Crippen LogP contribution is 2.34. The van der Waals surface area contributed by atoms with Crippen LogP contribution in [0.15, 0.2) is 42.5 Å². The Labute approximate surface area is 238 Å². The summed E-state index contributed by atoms with van der Waals surface area (Å²) >= 11 is 6.10. The van der Waals surface area contributed by atoms with Crippen LogP contribution in [0.1, 0.15) is 52.8 Å². The predicted molar refractivity (Wildman–Crippen MR) is 145 cm³/mol. The van der Waals surface area contributed by atoms with Gasteiger partial charge >= 0.3 is 18.1 Å². The smallest absolute Gasteiger partial charge is 0.478 e. The topological polar surface area (TPSA) is 153 Å². The van der Waals surface area contributed by atoms with Crippen LogP contribution in [-0.2, 0) is 9.59 Å². The van der Waals surface area contributed by atoms with Crippen molar-refractivity contribution >= 4 is 46.7 Å². The lowest BCUT2D eigenvalue weighted by molar-refractivity contribution is -0.192. The summed E-state index contributed by atoms with van der Waals surface area (Å²) in [4.78, 5) is 50.3. The van der Waals surface area contributed by atoms with E-state index >= 15 is 0 Å². The Morgan fingerprint density at radius 1 is 0.902 bits per heavy atom. The highest BCUT2D eigenvalue weighted by Gasteiger charge is 2.45. The first-order valence-electron chi connectivity index (χ1n) is 12.8. The number of primary amides is 1. The van der Waals surface area contributed by atoms with Crippen LogP contribution in [0.4, 0.5) is 24.5 Å². The third-order valence-electron chi connectivity index (χ3n) is 7.22. The number of rotatable bonds is 6. The first-order valence-corrected chi connectivity index (χ1v) is 13.2. The van der Waals surface area contributed by atoms with Gasteiger partial charge in [-0.1, -0.05) is 30.2 Å². The van der Waals surface area contributed by atoms with Gasteiger partial charge in [0.25, 0.3) is 5.91 Å². The lowest BCUT2D eigenvalue weighted by atomic mass is 9.83. The van der Waals surface area contributed by atoms with Crippen LogP contribution in [0.3, 0.4) is 0 Å². The van der Waals surface area contributed by atoms with Crippen molar-refractivity contribution in [3.63, 3.8) is 0 Å². The Hall–Kier alpha value is -3.84. The van der Waals surface area contributed by atoms with E-state index in [-0.39, 0.29) is 27.7 Å². The molecule has 0 aromatic heterocycles. The van der Waals surface area contributed by atoms with Gasteiger partial charge in [-0.05, 0) is 69.1 Å². The fourth-order valence-corrected chi connectivity index (χ4v) is 5.25. The summed E-state index contributed by atoms with van der Waals surface area (Å²) in [5.74, 6) is -4.66. The molecule has 0 unspecified atom stereocenters. The van der Waals surface area contributed by atoms with E-state index in [1.54, 1.807) is 42.5 Å². The lowest BCUT2D eigenvalue weighted by Crippen LogP contribution is -2.63. The average Bonchev–Trinajstić information content (AvgIpc) is 2.93. The van der Waals surface area contributed by atoms with Crippen molar-refractivity contribution in [2.24, 2.45) is 5.73 Å². The molecule has 2 saturated heterocycles. The molecule has 2 fully saturated rings. The molecule has 222 valence electrons. The second-order valence-corrected chi connectivity index (χ2v) is 10.1. The molecule has 2 amide bonds. The maximum absolute atomic E-state index is 12.6. The Morgan fingerprint density at radius 2 is 1.49 bits per heavy atom. The Balaban J connectivity index is 0.000000587. The number of piperidine rings is 2. The summed E-state index contributed by atoms with van der Waals surface area (Å²) in [5, 5.41) is 19.9. The molecule has 10 nitrogen and oxygen atoms in total. The van der Waals surface area contributed by atoms with Crippen LogP contribution in [0.2, 0.25) is 5.02 Å². The molecule has 2 heterocycles. The second kappa shape index (κ2) is 13.2. The normalized spacial score (nSPS) is 17.1. The molecule has 0 radical (unpaired) electrons. The average molecular weight is 599 g/mol. The van der Waals surface area contributed by atoms with Gasteiger partial charge in [0.1, 0.15) is 5.54 Å². The third-order valence-corrected chi connectivity index (χ3v) is 7.55. The van der Waals surface area contributed by atoms with Crippen LogP contribution >= 0.6 is 11.6 Å². The molecule has 4 rings (SSSR count). The fourth-order valence-electron chi connectivity index (χ4n) is 5.03. The van der Waals surface area contributed by atoms with E-state index in [0.717, 1.165) is 31.6 Å². The molecule has 2 aliphatic heterocycles. The van der Waals surface area contributed by atoms with Gasteiger partial charge in [0.2, 0.25) is 5.91 Å². The largest absolute Gasteiger partial charge is 0.490 e. The minimum atomic E-state index is -5.08. The number of carboxylic acids is 2. The van der Waals surface area contributed by atoms with E-state index in [1.807, 2.05) is 0 Å². The first-order chi connectivity index (χ1) is 19.3. The number of amides is 2. The third kappa shape index (κ3) is 7.67. The molecule has 5 N–H and O–H groups in total. The number of nitrogens with one attached hydrogen (secondary N) is 1. The quantitative estimate of drug-likeness (QED) is 0.385. The Bertz CT molecular complexity index is 1290. The number of carbonyl (C=O) groups is 4. The minimum absolute atomic E-state index is 0.0133. The maximum Gasteiger partial charge on any atom is 0.490 e. The molecule has 2 aliphatic rings. The SMILES string of the molecule is NC(=O)C1(N2CCCCC2)CCN(c2ccc(NC(=O)c3ccccc3Cl)c(C(=O)O)c2)CC1.O=C(O)C(F)(F)F. The van der Waals surface area contributed by atoms with Crippen molar-refractivity contribution in [2.75, 3.05) is 36.4 Å². The van der Waals surface area contributed by atoms with E-state index < -0.39 is 29.6 Å². The van der Waals surface area contributed by atoms with E-state index in [2.05, 4.69) is 15.1 Å². The van der Waals surface area contributed by atoms with Gasteiger partial charge in [-0.15, -0.1) is 0 Å². The first kappa shape index (κ1) is 31.7. The van der Waals surface area contributed by atoms with Crippen molar-refractivity contribution in [1.29, 1.82) is 0 Å². The molecule has 14 heteroatoms. The van der Waals surface area contributed by atoms with E-state index in [9.17, 15) is 32.7 Å². The fraction of sp³-hybridized carbons (Fsp3) is 0.407. The Morgan fingerprint density at radius 3 is 2.00 bits per heavy atom. The predicted octanol–water partition coefficient (Wildman–Crippen LogP) is 4.23. The molecule has 0 atom stereocenters. The van der Waals surface area contributed by atoms with Gasteiger partial charge < -0.3 is 26.2 Å². The maximum atomic E-state index is 12.6. The van der Waals surface area contributed by atoms with E-state index in [4.69, 9.17) is 27.2 Å². The van der Waals surface area contributed by atoms with Crippen LogP contribution in [0, 0.1) is 0 Å². The number of anilines is 2. The van der Waals surface area contributed by atoms with Crippen LogP contribution in [0.25, 0.3) is 0 Å². The molecular weight excluding hydrogens is 569 g/mol. The van der Waals surface area contributed by atoms with Crippen LogP contribution < -0.4 is 16.0 Å². The monoisotopic (exact) mass is 598 g/mol. The summed E-state index contributed by atoms with van der Waals surface area (Å²) in [6.07, 6.45) is -0.579. The number of likely N-dealkylation sites (tertiary alicyclic amines) is 1. The molecule has 41 heavy (non-hydrogen) atoms. The van der Waals surface area contributed by atoms with Gasteiger partial charge in [0.05, 0.1) is 21.8 Å². The van der Waals surface area contributed by atoms with Gasteiger partial charge in [-0.3, -0.25) is 14.5 Å². The standard InChI is InChI=1S/C25H29ClN4O4.C2HF3O2/c26-20-7-3-2-6-18(20)22(31)28-21-9-8-17(16-19(21)23(32)33)29-14-10-25(11-15-29,24(27)34)30-12-4-1-5-13-30;3-2(4,5)1(6)7/h2-3,6-9,16H,1,4-5,10-15H2,(H2,27,34)(H,28,31)(H,32,33);(H,6,7). The number of hydrogen-bond acceptors (Lipinski definition) is 6. The number of nitrogens with two attached hydrogens (primary N) is 1. The number of alkyl halides is 3. The second-order valence-electron chi connectivity index (χ2n) is 9.70. The van der Waals surface area contributed by atoms with Gasteiger partial charge in [0.15, 0.2) is 0 Å². The van der Waals surface area contributed by atoms with Crippen molar-refractivity contribution in [2.45, 2.75) is 43.8 Å². The molecule has 0 saturated carbocycles. The summed E-state index contributed by atoms with van der Waals surface area (Å²) in [5.41, 5.74) is 6.41. The summed E-state index contributed by atoms with van der Waals surface area (Å²) in [6, 6.07) is 11.5. The Kier molecular flexibility index (Phi) is 10.2. The van der Waals surface area contributed by atoms with Crippen LogP contribution in [0.5, 0.6) is 0 Å². The number of carbonyl (C=O) groups excluding carboxylic acids is 2. The minimum Gasteiger partial charge on any atom is -0.478 e. The summed E-state index contributed by atoms with van der Waals surface area (Å²) in [7, 11) is 0. The van der Waals surface area contributed by atoms with Crippen molar-refractivity contribution in [3.05, 3.63) is 58.6 Å². The molecule has 0 bridgehead atoms. The number of aromatic carboxylic acids is 1. The summed E-state index contributed by atoms with van der Waals surface area (Å²) in [6.45, 7) is 2.94. The lowest BCUT2D eigenvalue weighted by Gasteiger charge is -2.48. The molecule has 2 aromatic carbocycles. The zero-order chi connectivity index (χ0) is 30.4. The number of halogens is 4. The van der Waals surface area contributed by atoms with Crippen molar-refractivity contribution in [1.82, 2.24) is 4.90 Å². The van der Waals surface area contributed by atoms with E-state index in [1.165, 1.54) is 6.42 Å². The molecular formula is C27H30ClF3N4O6. The van der Waals surface area contributed by atoms with Crippen molar-refractivity contribution in [3.8, 4) is 0 Å². The van der Waals surface area contributed by atoms with Crippen LogP contribution in [-0.4, -0.2) is 76.8 Å². The van der Waals surface area contributed by atoms with Gasteiger partial charge in [-0.25, -0.2) is 9.59 Å². The van der Waals surface area contributed by atoms with Gasteiger partial charge in [0, 0.05) is 18.8 Å². The number of carboxylic acid groups (broad SMARTS) is 2. The van der Waals surface area contributed by atoms with E-state index in [0.29, 0.717) is 25.9 Å². The highest BCUT2D eigenvalue weighted by atomic mass is 35.5. The van der Waals surface area contributed by atoms with Crippen molar-refractivity contribution < 1.29 is 42.6 Å². The summed E-state index contributed by atoms with van der Waals surface area (Å²) < 4.78 is 31.7. The molecule has 0 spiro atoms.